The van der Waals surface area contributed by atoms with Crippen molar-refractivity contribution in [1.29, 1.82) is 10.5 Å². The van der Waals surface area contributed by atoms with Crippen LogP contribution in [-0.2, 0) is 0 Å². The highest BCUT2D eigenvalue weighted by atomic mass is 14.9. The lowest BCUT2D eigenvalue weighted by Gasteiger charge is -2.29. The van der Waals surface area contributed by atoms with Crippen molar-refractivity contribution in [3.63, 3.8) is 0 Å². The van der Waals surface area contributed by atoms with Crippen LogP contribution in [0.1, 0.15) is 69.1 Å². The van der Waals surface area contributed by atoms with Gasteiger partial charge >= 0.3 is 0 Å². The van der Waals surface area contributed by atoms with Crippen LogP contribution in [0.25, 0.3) is 12.2 Å². The Morgan fingerprint density at radius 2 is 1.57 bits per heavy atom. The number of H-pyrrole nitrogens is 2. The van der Waals surface area contributed by atoms with Crippen LogP contribution in [0.2, 0.25) is 0 Å². The second kappa shape index (κ2) is 8.40. The molecule has 6 nitrogen and oxygen atoms in total. The van der Waals surface area contributed by atoms with Crippen molar-refractivity contribution in [3.8, 4) is 12.1 Å². The van der Waals surface area contributed by atoms with Crippen molar-refractivity contribution < 1.29 is 0 Å². The van der Waals surface area contributed by atoms with E-state index in [1.165, 1.54) is 0 Å². The average molecular weight is 465 g/mol. The first kappa shape index (κ1) is 24.2. The zero-order valence-electron chi connectivity index (χ0n) is 21.8. The first-order valence-corrected chi connectivity index (χ1v) is 11.9. The van der Waals surface area contributed by atoms with Gasteiger partial charge in [-0.25, -0.2) is 4.99 Å². The van der Waals surface area contributed by atoms with Gasteiger partial charge in [0.15, 0.2) is 0 Å². The van der Waals surface area contributed by atoms with Crippen LogP contribution >= 0.6 is 0 Å². The third kappa shape index (κ3) is 4.10. The number of aromatic amines is 2. The van der Waals surface area contributed by atoms with Crippen LogP contribution in [0, 0.1) is 48.8 Å². The quantitative estimate of drug-likeness (QED) is 0.694. The molecular weight excluding hydrogens is 432 g/mol. The summed E-state index contributed by atoms with van der Waals surface area (Å²) >= 11 is 0. The van der Waals surface area contributed by atoms with E-state index in [4.69, 9.17) is 9.98 Å². The molecule has 6 heteroatoms. The third-order valence-corrected chi connectivity index (χ3v) is 7.78. The molecule has 0 saturated carbocycles. The second-order valence-electron chi connectivity index (χ2n) is 10.5. The van der Waals surface area contributed by atoms with Gasteiger partial charge in [0.1, 0.15) is 11.6 Å². The lowest BCUT2D eigenvalue weighted by Crippen LogP contribution is -2.34. The fraction of sp³-hybridized carbons (Fsp3) is 0.379. The highest BCUT2D eigenvalue weighted by Crippen LogP contribution is 2.43. The molecule has 0 amide bonds. The number of nitrogens with zero attached hydrogens (tertiary/aromatic N) is 4. The maximum atomic E-state index is 9.67. The molecule has 0 aliphatic carbocycles. The molecule has 0 saturated heterocycles. The number of nitrogens with one attached hydrogen (secondary N) is 2. The Labute approximate surface area is 206 Å². The average Bonchev–Trinajstić information content (AvgIpc) is 3.44. The van der Waals surface area contributed by atoms with Gasteiger partial charge in [-0.1, -0.05) is 13.8 Å². The summed E-state index contributed by atoms with van der Waals surface area (Å²) in [6.07, 6.45) is 6.92. The molecule has 35 heavy (non-hydrogen) atoms. The number of aromatic nitrogens is 2. The minimum atomic E-state index is -0.721. The Hall–Kier alpha value is -3.90. The van der Waals surface area contributed by atoms with Gasteiger partial charge in [0.2, 0.25) is 0 Å². The van der Waals surface area contributed by atoms with E-state index < -0.39 is 5.54 Å². The number of hydrogen-bond acceptors (Lipinski definition) is 4. The molecular formula is C29H32N6. The molecule has 0 fully saturated rings. The van der Waals surface area contributed by atoms with E-state index in [1.807, 2.05) is 32.1 Å². The first-order valence-electron chi connectivity index (χ1n) is 11.9. The number of nitriles is 2. The van der Waals surface area contributed by atoms with Gasteiger partial charge in [-0.3, -0.25) is 4.99 Å². The van der Waals surface area contributed by atoms with Crippen LogP contribution in [0.15, 0.2) is 39.0 Å². The molecule has 2 aliphatic heterocycles. The predicted octanol–water partition coefficient (Wildman–Crippen LogP) is 4.58. The summed E-state index contributed by atoms with van der Waals surface area (Å²) in [5.74, 6) is 0. The van der Waals surface area contributed by atoms with E-state index in [2.05, 4.69) is 69.7 Å². The Morgan fingerprint density at radius 1 is 0.914 bits per heavy atom. The summed E-state index contributed by atoms with van der Waals surface area (Å²) in [6, 6.07) is 6.47. The summed E-state index contributed by atoms with van der Waals surface area (Å²) < 4.78 is 0. The molecule has 4 heterocycles. The van der Waals surface area contributed by atoms with Gasteiger partial charge in [0.05, 0.1) is 23.0 Å². The Kier molecular flexibility index (Phi) is 5.81. The van der Waals surface area contributed by atoms with Gasteiger partial charge in [0.25, 0.3) is 0 Å². The molecule has 0 spiro atoms. The van der Waals surface area contributed by atoms with Crippen LogP contribution in [-0.4, -0.2) is 26.9 Å². The van der Waals surface area contributed by atoms with E-state index in [0.717, 1.165) is 67.9 Å². The Morgan fingerprint density at radius 3 is 2.14 bits per heavy atom. The monoisotopic (exact) mass is 464 g/mol. The van der Waals surface area contributed by atoms with Crippen LogP contribution < -0.4 is 10.7 Å². The predicted molar refractivity (Wildman–Crippen MR) is 142 cm³/mol. The van der Waals surface area contributed by atoms with Crippen LogP contribution in [0.5, 0.6) is 0 Å². The zero-order chi connectivity index (χ0) is 25.7. The number of aryl methyl sites for hydroxylation is 1. The fourth-order valence-corrected chi connectivity index (χ4v) is 4.58. The molecule has 4 rings (SSSR count). The Bertz CT molecular complexity index is 1570. The second-order valence-corrected chi connectivity index (χ2v) is 10.5. The largest absolute Gasteiger partial charge is 0.358 e. The number of hydrogen-bond donors (Lipinski definition) is 2. The summed E-state index contributed by atoms with van der Waals surface area (Å²) in [5, 5.41) is 20.9. The number of allylic oxidation sites excluding steroid dienone is 3. The topological polar surface area (TPSA) is 104 Å². The summed E-state index contributed by atoms with van der Waals surface area (Å²) in [7, 11) is 0. The van der Waals surface area contributed by atoms with Crippen molar-refractivity contribution in [2.24, 2.45) is 15.4 Å². The minimum Gasteiger partial charge on any atom is -0.358 e. The van der Waals surface area contributed by atoms with Crippen molar-refractivity contribution in [2.75, 3.05) is 0 Å². The van der Waals surface area contributed by atoms with Gasteiger partial charge in [-0.2, -0.15) is 10.5 Å². The van der Waals surface area contributed by atoms with E-state index >= 15 is 0 Å². The highest BCUT2D eigenvalue weighted by Gasteiger charge is 2.46. The number of rotatable bonds is 3. The normalized spacial score (nSPS) is 23.7. The summed E-state index contributed by atoms with van der Waals surface area (Å²) in [5.41, 5.74) is 8.83. The van der Waals surface area contributed by atoms with E-state index in [0.29, 0.717) is 5.56 Å². The Balaban J connectivity index is 1.74. The molecule has 2 aliphatic rings. The lowest BCUT2D eigenvalue weighted by atomic mass is 9.74. The molecule has 0 bridgehead atoms. The maximum Gasteiger partial charge on any atom is 0.149 e. The third-order valence-electron chi connectivity index (χ3n) is 7.78. The van der Waals surface area contributed by atoms with Crippen molar-refractivity contribution in [3.05, 3.63) is 67.8 Å². The summed E-state index contributed by atoms with van der Waals surface area (Å²) in [4.78, 5) is 16.5. The lowest BCUT2D eigenvalue weighted by molar-refractivity contribution is 0.276. The van der Waals surface area contributed by atoms with E-state index in [9.17, 15) is 10.5 Å². The minimum absolute atomic E-state index is 0.213. The van der Waals surface area contributed by atoms with Crippen molar-refractivity contribution in [1.82, 2.24) is 9.97 Å². The molecule has 2 N–H and O–H groups in total. The maximum absolute atomic E-state index is 9.67. The van der Waals surface area contributed by atoms with E-state index in [1.54, 1.807) is 0 Å². The smallest absolute Gasteiger partial charge is 0.149 e. The molecule has 0 aromatic carbocycles. The van der Waals surface area contributed by atoms with Gasteiger partial charge in [-0.05, 0) is 94.5 Å². The van der Waals surface area contributed by atoms with Crippen molar-refractivity contribution in [2.45, 2.75) is 67.3 Å². The van der Waals surface area contributed by atoms with Crippen LogP contribution in [0.4, 0.5) is 0 Å². The number of aliphatic imine (C=N–C) groups is 2. The molecule has 0 unspecified atom stereocenters. The highest BCUT2D eigenvalue weighted by molar-refractivity contribution is 6.23. The van der Waals surface area contributed by atoms with E-state index in [-0.39, 0.29) is 5.41 Å². The fourth-order valence-electron chi connectivity index (χ4n) is 4.58. The van der Waals surface area contributed by atoms with Crippen molar-refractivity contribution >= 4 is 23.6 Å². The van der Waals surface area contributed by atoms with Crippen LogP contribution in [0.3, 0.4) is 0 Å². The molecule has 2 aromatic rings. The van der Waals surface area contributed by atoms with Gasteiger partial charge < -0.3 is 9.97 Å². The summed E-state index contributed by atoms with van der Waals surface area (Å²) in [6.45, 7) is 16.4. The standard InChI is InChI=1S/C29H32N6/c1-16-18(3)26(33-24(16)10-22-9-21(14-30)20(5)32-22)12-27-19(4)17(2)25(34-27)11-23-13-28(6,7)29(8,15-31)35-23/h9-12,32-33H,13H2,1-8H3/b24-10-,25-11-,26-12+/t29-/m1/s1. The molecule has 178 valence electrons. The molecule has 2 aromatic heterocycles. The molecule has 1 atom stereocenters. The van der Waals surface area contributed by atoms with Gasteiger partial charge in [-0.15, -0.1) is 0 Å². The SMILES string of the molecule is CC1=C(C)/C(=C/C2=N[C@](C)(C#N)C(C)(C)C2)N=C1/C=c1/[nH]/c(=C\c2cc(C#N)c(C)[nH]2)c(C)c1C. The van der Waals surface area contributed by atoms with Gasteiger partial charge in [0, 0.05) is 33.2 Å². The molecule has 0 radical (unpaired) electrons. The first-order chi connectivity index (χ1) is 16.4. The zero-order valence-corrected chi connectivity index (χ0v) is 21.8.